The van der Waals surface area contributed by atoms with Crippen LogP contribution in [-0.2, 0) is 16.0 Å². The fourth-order valence-electron chi connectivity index (χ4n) is 4.31. The zero-order chi connectivity index (χ0) is 21.3. The van der Waals surface area contributed by atoms with Crippen molar-refractivity contribution in [2.45, 2.75) is 35.8 Å². The minimum absolute atomic E-state index is 0.0491. The second-order valence-electron chi connectivity index (χ2n) is 8.26. The molecule has 0 saturated carbocycles. The van der Waals surface area contributed by atoms with Gasteiger partial charge in [0.15, 0.2) is 0 Å². The molecule has 0 aromatic heterocycles. The summed E-state index contributed by atoms with van der Waals surface area (Å²) in [5.74, 6) is 0.613. The molecule has 2 aliphatic heterocycles. The van der Waals surface area contributed by atoms with Crippen molar-refractivity contribution in [3.63, 3.8) is 0 Å². The molecule has 0 amide bonds. The number of hydrogen-bond acceptors (Lipinski definition) is 4. The second-order valence-corrected chi connectivity index (χ2v) is 10.1. The lowest BCUT2D eigenvalue weighted by atomic mass is 9.74. The van der Waals surface area contributed by atoms with Gasteiger partial charge in [0.2, 0.25) is 0 Å². The van der Waals surface area contributed by atoms with Crippen molar-refractivity contribution >= 4 is 40.9 Å². The number of hydrogen-bond donors (Lipinski definition) is 1. The molecule has 4 rings (SSSR count). The molecule has 0 bridgehead atoms. The molecule has 1 fully saturated rings. The molecule has 1 spiro atoms. The summed E-state index contributed by atoms with van der Waals surface area (Å²) in [6, 6.07) is 12.1. The smallest absolute Gasteiger partial charge is 0.307 e. The fourth-order valence-corrected chi connectivity index (χ4v) is 5.98. The Labute approximate surface area is 191 Å². The van der Waals surface area contributed by atoms with E-state index in [9.17, 15) is 4.79 Å². The van der Waals surface area contributed by atoms with Crippen molar-refractivity contribution in [1.29, 1.82) is 0 Å². The van der Waals surface area contributed by atoms with Gasteiger partial charge in [0.05, 0.1) is 12.5 Å². The standard InChI is InChI=1S/C23H25Cl2NO3S/c1-15(22(27)28)12-26-9-7-23(8-10-26)14-29-21-11-16(5-6-18(21)23)30-13-17-19(24)3-2-4-20(17)25/h2-6,11,15H,7-10,12-14H2,1H3,(H,27,28). The quantitative estimate of drug-likeness (QED) is 0.551. The first-order chi connectivity index (χ1) is 14.4. The minimum atomic E-state index is -0.729. The average Bonchev–Trinajstić information content (AvgIpc) is 3.07. The van der Waals surface area contributed by atoms with Crippen molar-refractivity contribution in [2.75, 3.05) is 26.2 Å². The normalized spacial score (nSPS) is 18.8. The summed E-state index contributed by atoms with van der Waals surface area (Å²) in [6.07, 6.45) is 1.99. The lowest BCUT2D eigenvalue weighted by molar-refractivity contribution is -0.141. The van der Waals surface area contributed by atoms with Crippen LogP contribution in [0.25, 0.3) is 0 Å². The van der Waals surface area contributed by atoms with Crippen molar-refractivity contribution < 1.29 is 14.6 Å². The zero-order valence-electron chi connectivity index (χ0n) is 16.9. The molecule has 0 radical (unpaired) electrons. The Hall–Kier alpha value is -1.40. The molecule has 2 aromatic carbocycles. The van der Waals surface area contributed by atoms with E-state index >= 15 is 0 Å². The van der Waals surface area contributed by atoms with Crippen LogP contribution in [0.3, 0.4) is 0 Å². The van der Waals surface area contributed by atoms with E-state index in [1.807, 2.05) is 18.2 Å². The molecule has 1 atom stereocenters. The summed E-state index contributed by atoms with van der Waals surface area (Å²) in [5, 5.41) is 10.5. The number of thioether (sulfide) groups is 1. The maximum absolute atomic E-state index is 11.1. The number of ether oxygens (including phenoxy) is 1. The highest BCUT2D eigenvalue weighted by atomic mass is 35.5. The van der Waals surface area contributed by atoms with E-state index in [-0.39, 0.29) is 11.3 Å². The zero-order valence-corrected chi connectivity index (χ0v) is 19.2. The van der Waals surface area contributed by atoms with Gasteiger partial charge in [-0.3, -0.25) is 4.79 Å². The van der Waals surface area contributed by atoms with E-state index in [1.54, 1.807) is 18.7 Å². The molecule has 1 N–H and O–H groups in total. The Bertz CT molecular complexity index is 924. The number of likely N-dealkylation sites (tertiary alicyclic amines) is 1. The maximum Gasteiger partial charge on any atom is 0.307 e. The van der Waals surface area contributed by atoms with Crippen molar-refractivity contribution in [2.24, 2.45) is 5.92 Å². The predicted molar refractivity (Wildman–Crippen MR) is 122 cm³/mol. The fraction of sp³-hybridized carbons (Fsp3) is 0.435. The second kappa shape index (κ2) is 8.99. The van der Waals surface area contributed by atoms with Crippen molar-refractivity contribution in [1.82, 2.24) is 4.90 Å². The number of carboxylic acid groups (broad SMARTS) is 1. The van der Waals surface area contributed by atoms with Gasteiger partial charge in [-0.25, -0.2) is 0 Å². The third-order valence-electron chi connectivity index (χ3n) is 6.24. The van der Waals surface area contributed by atoms with Gasteiger partial charge in [-0.1, -0.05) is 42.3 Å². The first-order valence-electron chi connectivity index (χ1n) is 10.2. The van der Waals surface area contributed by atoms with E-state index in [0.717, 1.165) is 42.1 Å². The Morgan fingerprint density at radius 2 is 1.93 bits per heavy atom. The lowest BCUT2D eigenvalue weighted by Crippen LogP contribution is -2.45. The van der Waals surface area contributed by atoms with Gasteiger partial charge in [-0.05, 0) is 55.8 Å². The van der Waals surface area contributed by atoms with Crippen LogP contribution >= 0.6 is 35.0 Å². The maximum atomic E-state index is 11.1. The predicted octanol–water partition coefficient (Wildman–Crippen LogP) is 5.73. The molecule has 160 valence electrons. The molecule has 7 heteroatoms. The third kappa shape index (κ3) is 4.45. The van der Waals surface area contributed by atoms with Crippen LogP contribution < -0.4 is 4.74 Å². The first-order valence-corrected chi connectivity index (χ1v) is 11.9. The summed E-state index contributed by atoms with van der Waals surface area (Å²) in [7, 11) is 0. The third-order valence-corrected chi connectivity index (χ3v) is 7.97. The van der Waals surface area contributed by atoms with Gasteiger partial charge >= 0.3 is 5.97 Å². The van der Waals surface area contributed by atoms with Gasteiger partial charge in [0, 0.05) is 38.2 Å². The number of aliphatic carboxylic acids is 1. The topological polar surface area (TPSA) is 49.8 Å². The largest absolute Gasteiger partial charge is 0.492 e. The molecule has 2 aromatic rings. The van der Waals surface area contributed by atoms with Gasteiger partial charge in [0.25, 0.3) is 0 Å². The number of piperidine rings is 1. The highest BCUT2D eigenvalue weighted by molar-refractivity contribution is 7.98. The Balaban J connectivity index is 1.41. The van der Waals surface area contributed by atoms with Gasteiger partial charge in [0.1, 0.15) is 5.75 Å². The number of nitrogens with zero attached hydrogens (tertiary/aromatic N) is 1. The van der Waals surface area contributed by atoms with Gasteiger partial charge in [-0.2, -0.15) is 0 Å². The molecular formula is C23H25Cl2NO3S. The highest BCUT2D eigenvalue weighted by Crippen LogP contribution is 2.47. The molecule has 4 nitrogen and oxygen atoms in total. The minimum Gasteiger partial charge on any atom is -0.492 e. The summed E-state index contributed by atoms with van der Waals surface area (Å²) >= 11 is 14.3. The molecule has 30 heavy (non-hydrogen) atoms. The van der Waals surface area contributed by atoms with Gasteiger partial charge < -0.3 is 14.7 Å². The Kier molecular flexibility index (Phi) is 6.54. The molecule has 1 unspecified atom stereocenters. The lowest BCUT2D eigenvalue weighted by Gasteiger charge is -2.39. The molecular weight excluding hydrogens is 441 g/mol. The molecule has 2 aliphatic rings. The molecule has 0 aliphatic carbocycles. The van der Waals surface area contributed by atoms with Crippen LogP contribution in [0, 0.1) is 5.92 Å². The number of benzene rings is 2. The molecule has 1 saturated heterocycles. The number of fused-ring (bicyclic) bond motifs is 2. The van der Waals surface area contributed by atoms with Gasteiger partial charge in [-0.15, -0.1) is 11.8 Å². The monoisotopic (exact) mass is 465 g/mol. The highest BCUT2D eigenvalue weighted by Gasteiger charge is 2.43. The van der Waals surface area contributed by atoms with Crippen LogP contribution in [0.1, 0.15) is 30.9 Å². The molecule has 2 heterocycles. The van der Waals surface area contributed by atoms with Crippen LogP contribution in [-0.4, -0.2) is 42.2 Å². The van der Waals surface area contributed by atoms with Crippen molar-refractivity contribution in [3.8, 4) is 5.75 Å². The summed E-state index contributed by atoms with van der Waals surface area (Å²) in [6.45, 7) is 4.90. The van der Waals surface area contributed by atoms with Crippen LogP contribution in [0.15, 0.2) is 41.3 Å². The van der Waals surface area contributed by atoms with E-state index in [2.05, 4.69) is 23.1 Å². The average molecular weight is 466 g/mol. The van der Waals surface area contributed by atoms with E-state index in [1.165, 1.54) is 5.56 Å². The Morgan fingerprint density at radius 3 is 2.60 bits per heavy atom. The Morgan fingerprint density at radius 1 is 1.23 bits per heavy atom. The van der Waals surface area contributed by atoms with Crippen LogP contribution in [0.2, 0.25) is 10.0 Å². The number of rotatable bonds is 6. The van der Waals surface area contributed by atoms with E-state index < -0.39 is 5.97 Å². The van der Waals surface area contributed by atoms with Crippen molar-refractivity contribution in [3.05, 3.63) is 57.6 Å². The van der Waals surface area contributed by atoms with E-state index in [0.29, 0.717) is 28.9 Å². The van der Waals surface area contributed by atoms with Crippen LogP contribution in [0.5, 0.6) is 5.75 Å². The summed E-state index contributed by atoms with van der Waals surface area (Å²) in [5.41, 5.74) is 2.29. The number of halogens is 2. The summed E-state index contributed by atoms with van der Waals surface area (Å²) < 4.78 is 6.11. The summed E-state index contributed by atoms with van der Waals surface area (Å²) in [4.78, 5) is 14.5. The number of carboxylic acids is 1. The first kappa shape index (κ1) is 21.8. The van der Waals surface area contributed by atoms with E-state index in [4.69, 9.17) is 33.0 Å². The number of carbonyl (C=O) groups is 1. The SMILES string of the molecule is CC(CN1CCC2(CC1)COc1cc(SCc3c(Cl)cccc3Cl)ccc12)C(=O)O. The van der Waals surface area contributed by atoms with Crippen LogP contribution in [0.4, 0.5) is 0 Å².